The Bertz CT molecular complexity index is 874. The number of likely N-dealkylation sites (tertiary alicyclic amines) is 1. The first-order valence-electron chi connectivity index (χ1n) is 10.5. The monoisotopic (exact) mass is 452 g/mol. The third-order valence-corrected chi connectivity index (χ3v) is 6.61. The molecule has 9 nitrogen and oxygen atoms in total. The van der Waals surface area contributed by atoms with Gasteiger partial charge in [0.2, 0.25) is 21.8 Å². The highest BCUT2D eigenvalue weighted by Gasteiger charge is 2.31. The number of aldehydes is 1. The predicted octanol–water partition coefficient (Wildman–Crippen LogP) is 0.218. The predicted molar refractivity (Wildman–Crippen MR) is 117 cm³/mol. The Morgan fingerprint density at radius 1 is 1.32 bits per heavy atom. The van der Waals surface area contributed by atoms with Crippen LogP contribution in [0.15, 0.2) is 24.3 Å². The van der Waals surface area contributed by atoms with E-state index in [1.54, 1.807) is 12.1 Å². The van der Waals surface area contributed by atoms with E-state index in [9.17, 15) is 22.8 Å². The topological polar surface area (TPSA) is 139 Å². The molecular formula is C21H32N4O5S. The molecule has 1 aliphatic heterocycles. The summed E-state index contributed by atoms with van der Waals surface area (Å²) in [5.41, 5.74) is 6.96. The number of carbonyl (C=O) groups is 3. The van der Waals surface area contributed by atoms with Crippen LogP contribution in [0.5, 0.6) is 0 Å². The number of nitrogens with two attached hydrogens (primary N) is 1. The molecule has 1 aromatic rings. The van der Waals surface area contributed by atoms with Gasteiger partial charge in [0.15, 0.2) is 0 Å². The number of amides is 2. The van der Waals surface area contributed by atoms with Crippen molar-refractivity contribution >= 4 is 28.1 Å². The molecule has 0 saturated carbocycles. The smallest absolute Gasteiger partial charge is 0.241 e. The van der Waals surface area contributed by atoms with E-state index in [1.165, 1.54) is 4.90 Å². The first kappa shape index (κ1) is 25.0. The highest BCUT2D eigenvalue weighted by Crippen LogP contribution is 2.16. The molecule has 2 amide bonds. The number of benzene rings is 1. The van der Waals surface area contributed by atoms with E-state index in [-0.39, 0.29) is 12.3 Å². The summed E-state index contributed by atoms with van der Waals surface area (Å²) >= 11 is 0. The highest BCUT2D eigenvalue weighted by molar-refractivity contribution is 7.88. The standard InChI is InChI=1S/C21H32N4O5S/c1-16-7-2-3-8-17(16)15-31(29,30)24-19-10-4-5-12-25(21(19)28)13-20(27)23-18(14-26)9-6-11-22/h2-3,7-8,14,18-19,24H,4-6,9-13,15,22H2,1H3,(H,23,27)/t18-,19-/m0/s1. The van der Waals surface area contributed by atoms with Gasteiger partial charge in [0, 0.05) is 6.54 Å². The number of rotatable bonds is 11. The molecule has 0 unspecified atom stereocenters. The van der Waals surface area contributed by atoms with Gasteiger partial charge in [-0.05, 0) is 56.7 Å². The Hall–Kier alpha value is -2.30. The van der Waals surface area contributed by atoms with Crippen molar-refractivity contribution in [2.75, 3.05) is 19.6 Å². The van der Waals surface area contributed by atoms with Crippen molar-refractivity contribution in [3.8, 4) is 0 Å². The van der Waals surface area contributed by atoms with Crippen LogP contribution in [0.2, 0.25) is 0 Å². The van der Waals surface area contributed by atoms with E-state index < -0.39 is 33.9 Å². The fourth-order valence-electron chi connectivity index (χ4n) is 3.54. The van der Waals surface area contributed by atoms with Crippen LogP contribution in [0, 0.1) is 6.92 Å². The van der Waals surface area contributed by atoms with Crippen molar-refractivity contribution < 1.29 is 22.8 Å². The van der Waals surface area contributed by atoms with Crippen molar-refractivity contribution in [2.24, 2.45) is 5.73 Å². The molecule has 1 aliphatic rings. The second-order valence-electron chi connectivity index (χ2n) is 7.85. The zero-order valence-corrected chi connectivity index (χ0v) is 18.7. The quantitative estimate of drug-likeness (QED) is 0.411. The third-order valence-electron chi connectivity index (χ3n) is 5.27. The Morgan fingerprint density at radius 2 is 2.06 bits per heavy atom. The van der Waals surface area contributed by atoms with Crippen molar-refractivity contribution in [1.29, 1.82) is 0 Å². The van der Waals surface area contributed by atoms with Crippen LogP contribution in [0.3, 0.4) is 0 Å². The number of nitrogens with zero attached hydrogens (tertiary/aromatic N) is 1. The van der Waals surface area contributed by atoms with Crippen LogP contribution in [0.25, 0.3) is 0 Å². The molecular weight excluding hydrogens is 420 g/mol. The van der Waals surface area contributed by atoms with Gasteiger partial charge in [0.1, 0.15) is 12.3 Å². The molecule has 1 aromatic carbocycles. The summed E-state index contributed by atoms with van der Waals surface area (Å²) in [5.74, 6) is -1.09. The largest absolute Gasteiger partial charge is 0.345 e. The molecule has 1 saturated heterocycles. The molecule has 172 valence electrons. The SMILES string of the molecule is Cc1ccccc1CS(=O)(=O)N[C@H]1CCCCN(CC(=O)N[C@H](C=O)CCCN)C1=O. The number of hydrogen-bond donors (Lipinski definition) is 3. The van der Waals surface area contributed by atoms with Gasteiger partial charge in [0.05, 0.1) is 18.3 Å². The molecule has 2 atom stereocenters. The molecule has 0 radical (unpaired) electrons. The van der Waals surface area contributed by atoms with E-state index in [0.717, 1.165) is 5.56 Å². The first-order chi connectivity index (χ1) is 14.8. The Morgan fingerprint density at radius 3 is 2.74 bits per heavy atom. The van der Waals surface area contributed by atoms with Gasteiger partial charge in [-0.1, -0.05) is 24.3 Å². The second kappa shape index (κ2) is 11.9. The van der Waals surface area contributed by atoms with E-state index in [1.807, 2.05) is 19.1 Å². The lowest BCUT2D eigenvalue weighted by atomic mass is 10.1. The number of nitrogens with one attached hydrogen (secondary N) is 2. The molecule has 4 N–H and O–H groups in total. The Labute approximate surface area is 183 Å². The summed E-state index contributed by atoms with van der Waals surface area (Å²) in [5, 5.41) is 2.60. The van der Waals surface area contributed by atoms with Crippen LogP contribution in [-0.4, -0.2) is 63.1 Å². The van der Waals surface area contributed by atoms with Gasteiger partial charge in [-0.2, -0.15) is 0 Å². The van der Waals surface area contributed by atoms with Gasteiger partial charge < -0.3 is 20.7 Å². The molecule has 2 rings (SSSR count). The summed E-state index contributed by atoms with van der Waals surface area (Å²) in [6.45, 7) is 2.38. The molecule has 0 aliphatic carbocycles. The van der Waals surface area contributed by atoms with Crippen LogP contribution >= 0.6 is 0 Å². The van der Waals surface area contributed by atoms with Crippen molar-refractivity contribution in [3.63, 3.8) is 0 Å². The minimum absolute atomic E-state index is 0.216. The Kier molecular flexibility index (Phi) is 9.60. The number of aryl methyl sites for hydroxylation is 1. The first-order valence-corrected chi connectivity index (χ1v) is 12.2. The van der Waals surface area contributed by atoms with Gasteiger partial charge in [-0.3, -0.25) is 9.59 Å². The molecule has 0 aromatic heterocycles. The van der Waals surface area contributed by atoms with Crippen LogP contribution in [-0.2, 0) is 30.2 Å². The van der Waals surface area contributed by atoms with Crippen molar-refractivity contribution in [3.05, 3.63) is 35.4 Å². The minimum atomic E-state index is -3.75. The van der Waals surface area contributed by atoms with Crippen LogP contribution in [0.1, 0.15) is 43.2 Å². The lowest BCUT2D eigenvalue weighted by Gasteiger charge is -2.25. The molecule has 0 spiro atoms. The second-order valence-corrected chi connectivity index (χ2v) is 9.61. The van der Waals surface area contributed by atoms with Gasteiger partial charge in [-0.25, -0.2) is 13.1 Å². The van der Waals surface area contributed by atoms with Gasteiger partial charge >= 0.3 is 0 Å². The number of sulfonamides is 1. The maximum Gasteiger partial charge on any atom is 0.241 e. The zero-order chi connectivity index (χ0) is 22.9. The summed E-state index contributed by atoms with van der Waals surface area (Å²) in [6.07, 6.45) is 3.38. The third kappa shape index (κ3) is 8.04. The molecule has 1 fully saturated rings. The summed E-state index contributed by atoms with van der Waals surface area (Å²) in [4.78, 5) is 37.8. The van der Waals surface area contributed by atoms with E-state index in [0.29, 0.717) is 57.0 Å². The lowest BCUT2D eigenvalue weighted by Crippen LogP contribution is -2.51. The summed E-state index contributed by atoms with van der Waals surface area (Å²) < 4.78 is 27.9. The summed E-state index contributed by atoms with van der Waals surface area (Å²) in [7, 11) is -3.75. The average molecular weight is 453 g/mol. The average Bonchev–Trinajstić information content (AvgIpc) is 2.88. The van der Waals surface area contributed by atoms with E-state index in [2.05, 4.69) is 10.0 Å². The molecule has 1 heterocycles. The van der Waals surface area contributed by atoms with Crippen molar-refractivity contribution in [2.45, 2.75) is 56.9 Å². The summed E-state index contributed by atoms with van der Waals surface area (Å²) in [6, 6.07) is 5.62. The molecule has 10 heteroatoms. The van der Waals surface area contributed by atoms with Gasteiger partial charge in [-0.15, -0.1) is 0 Å². The lowest BCUT2D eigenvalue weighted by molar-refractivity contribution is -0.137. The zero-order valence-electron chi connectivity index (χ0n) is 17.9. The maximum atomic E-state index is 12.9. The fourth-order valence-corrected chi connectivity index (χ4v) is 5.01. The van der Waals surface area contributed by atoms with Crippen molar-refractivity contribution in [1.82, 2.24) is 14.9 Å². The minimum Gasteiger partial charge on any atom is -0.345 e. The Balaban J connectivity index is 2.00. The molecule has 31 heavy (non-hydrogen) atoms. The van der Waals surface area contributed by atoms with E-state index in [4.69, 9.17) is 5.73 Å². The van der Waals surface area contributed by atoms with Crippen LogP contribution in [0.4, 0.5) is 0 Å². The molecule has 0 bridgehead atoms. The maximum absolute atomic E-state index is 12.9. The normalized spacial score (nSPS) is 18.3. The fraction of sp³-hybridized carbons (Fsp3) is 0.571. The van der Waals surface area contributed by atoms with E-state index >= 15 is 0 Å². The highest BCUT2D eigenvalue weighted by atomic mass is 32.2. The van der Waals surface area contributed by atoms with Crippen LogP contribution < -0.4 is 15.8 Å². The van der Waals surface area contributed by atoms with Gasteiger partial charge in [0.25, 0.3) is 0 Å². The number of hydrogen-bond acceptors (Lipinski definition) is 6. The number of carbonyl (C=O) groups excluding carboxylic acids is 3.